The molecule has 0 fully saturated rings. The maximum atomic E-state index is 11.5. The number of benzene rings is 3. The Labute approximate surface area is 172 Å². The van der Waals surface area contributed by atoms with Gasteiger partial charge in [-0.05, 0) is 0 Å². The van der Waals surface area contributed by atoms with E-state index in [1.165, 1.54) is 0 Å². The fourth-order valence-electron chi connectivity index (χ4n) is 3.15. The van der Waals surface area contributed by atoms with Crippen LogP contribution in [-0.4, -0.2) is 33.8 Å². The molecule has 0 aliphatic carbocycles. The van der Waals surface area contributed by atoms with Crippen molar-refractivity contribution in [3.05, 3.63) is 89.5 Å². The Bertz CT molecular complexity index is 1100. The molecule has 0 aliphatic rings. The molecule has 4 aromatic rings. The second-order valence-electron chi connectivity index (χ2n) is 6.42. The topological polar surface area (TPSA) is 89.9 Å². The van der Waals surface area contributed by atoms with Crippen LogP contribution in [0, 0.1) is 0 Å². The first-order chi connectivity index (χ1) is 14.7. The van der Waals surface area contributed by atoms with Crippen LogP contribution >= 0.6 is 0 Å². The third-order valence-corrected chi connectivity index (χ3v) is 4.62. The van der Waals surface area contributed by atoms with Crippen molar-refractivity contribution in [2.45, 2.75) is 0 Å². The molecule has 0 saturated heterocycles. The summed E-state index contributed by atoms with van der Waals surface area (Å²) in [7, 11) is 0. The van der Waals surface area contributed by atoms with Gasteiger partial charge in [-0.1, -0.05) is 72.8 Å². The third-order valence-electron chi connectivity index (χ3n) is 4.62. The lowest BCUT2D eigenvalue weighted by atomic mass is 10.1. The Morgan fingerprint density at radius 3 is 0.967 bits per heavy atom. The Balaban J connectivity index is 2.03. The van der Waals surface area contributed by atoms with Gasteiger partial charge < -0.3 is 0 Å². The Morgan fingerprint density at radius 2 is 0.700 bits per heavy atom. The standard InChI is InChI=1S/C24H15N3O3/c28-13-16-7-1-4-10-19(16)22-25-23(20-11-5-2-8-17(20)14-29)27-24(26-22)21-12-6-3-9-18(21)15-30/h1-15H. The molecule has 1 heterocycles. The molecule has 0 N–H and O–H groups in total. The summed E-state index contributed by atoms with van der Waals surface area (Å²) >= 11 is 0. The van der Waals surface area contributed by atoms with Gasteiger partial charge in [-0.25, -0.2) is 15.0 Å². The van der Waals surface area contributed by atoms with Crippen LogP contribution < -0.4 is 0 Å². The number of aromatic nitrogens is 3. The van der Waals surface area contributed by atoms with E-state index in [0.29, 0.717) is 33.4 Å². The monoisotopic (exact) mass is 393 g/mol. The summed E-state index contributed by atoms with van der Waals surface area (Å²) in [5.41, 5.74) is 2.87. The van der Waals surface area contributed by atoms with Gasteiger partial charge >= 0.3 is 0 Å². The van der Waals surface area contributed by atoms with Crippen LogP contribution in [0.15, 0.2) is 72.8 Å². The lowest BCUT2D eigenvalue weighted by Crippen LogP contribution is -2.04. The fourth-order valence-corrected chi connectivity index (χ4v) is 3.15. The Morgan fingerprint density at radius 1 is 0.433 bits per heavy atom. The highest BCUT2D eigenvalue weighted by atomic mass is 16.1. The summed E-state index contributed by atoms with van der Waals surface area (Å²) in [6, 6.07) is 20.8. The van der Waals surface area contributed by atoms with Crippen molar-refractivity contribution in [3.8, 4) is 34.2 Å². The molecule has 3 aromatic carbocycles. The number of hydrogen-bond acceptors (Lipinski definition) is 6. The molecule has 0 saturated carbocycles. The van der Waals surface area contributed by atoms with Crippen molar-refractivity contribution >= 4 is 18.9 Å². The second-order valence-corrected chi connectivity index (χ2v) is 6.42. The van der Waals surface area contributed by atoms with Gasteiger partial charge in [-0.2, -0.15) is 0 Å². The number of rotatable bonds is 6. The molecule has 4 rings (SSSR count). The van der Waals surface area contributed by atoms with E-state index in [2.05, 4.69) is 15.0 Å². The molecule has 0 atom stereocenters. The summed E-state index contributed by atoms with van der Waals surface area (Å²) in [6.45, 7) is 0. The van der Waals surface area contributed by atoms with Crippen molar-refractivity contribution in [2.75, 3.05) is 0 Å². The van der Waals surface area contributed by atoms with E-state index >= 15 is 0 Å². The lowest BCUT2D eigenvalue weighted by Gasteiger charge is -2.11. The maximum absolute atomic E-state index is 11.5. The molecule has 6 nitrogen and oxygen atoms in total. The zero-order valence-corrected chi connectivity index (χ0v) is 15.7. The summed E-state index contributed by atoms with van der Waals surface area (Å²) in [4.78, 5) is 48.3. The largest absolute Gasteiger partial charge is 0.298 e. The van der Waals surface area contributed by atoms with Gasteiger partial charge in [0.15, 0.2) is 36.3 Å². The molecule has 0 unspecified atom stereocenters. The van der Waals surface area contributed by atoms with Gasteiger partial charge in [0, 0.05) is 33.4 Å². The van der Waals surface area contributed by atoms with Gasteiger partial charge in [0.1, 0.15) is 0 Å². The zero-order valence-electron chi connectivity index (χ0n) is 15.7. The van der Waals surface area contributed by atoms with E-state index in [1.807, 2.05) is 0 Å². The van der Waals surface area contributed by atoms with E-state index in [4.69, 9.17) is 0 Å². The summed E-state index contributed by atoms with van der Waals surface area (Å²) in [6.07, 6.45) is 2.20. The molecular weight excluding hydrogens is 378 g/mol. The van der Waals surface area contributed by atoms with Crippen molar-refractivity contribution in [3.63, 3.8) is 0 Å². The normalized spacial score (nSPS) is 10.4. The van der Waals surface area contributed by atoms with E-state index in [9.17, 15) is 14.4 Å². The number of carbonyl (C=O) groups excluding carboxylic acids is 3. The summed E-state index contributed by atoms with van der Waals surface area (Å²) in [5.74, 6) is 0.831. The number of hydrogen-bond donors (Lipinski definition) is 0. The average molecular weight is 393 g/mol. The number of nitrogens with zero attached hydrogens (tertiary/aromatic N) is 3. The van der Waals surface area contributed by atoms with Crippen LogP contribution in [-0.2, 0) is 0 Å². The van der Waals surface area contributed by atoms with Crippen LogP contribution in [0.1, 0.15) is 31.1 Å². The highest BCUT2D eigenvalue weighted by Crippen LogP contribution is 2.28. The van der Waals surface area contributed by atoms with Crippen LogP contribution in [0.4, 0.5) is 0 Å². The first-order valence-corrected chi connectivity index (χ1v) is 9.15. The predicted molar refractivity (Wildman–Crippen MR) is 112 cm³/mol. The van der Waals surface area contributed by atoms with Gasteiger partial charge in [0.25, 0.3) is 0 Å². The molecule has 0 bridgehead atoms. The third kappa shape index (κ3) is 3.54. The summed E-state index contributed by atoms with van der Waals surface area (Å²) < 4.78 is 0. The maximum Gasteiger partial charge on any atom is 0.164 e. The second kappa shape index (κ2) is 8.36. The lowest BCUT2D eigenvalue weighted by molar-refractivity contribution is 0.111. The van der Waals surface area contributed by atoms with Crippen LogP contribution in [0.25, 0.3) is 34.2 Å². The average Bonchev–Trinajstić information content (AvgIpc) is 2.83. The van der Waals surface area contributed by atoms with Crippen molar-refractivity contribution < 1.29 is 14.4 Å². The quantitative estimate of drug-likeness (QED) is 0.454. The van der Waals surface area contributed by atoms with Crippen molar-refractivity contribution in [1.82, 2.24) is 15.0 Å². The smallest absolute Gasteiger partial charge is 0.164 e. The molecule has 0 amide bonds. The minimum atomic E-state index is 0.277. The molecule has 1 aromatic heterocycles. The molecule has 30 heavy (non-hydrogen) atoms. The summed E-state index contributed by atoms with van der Waals surface area (Å²) in [5, 5.41) is 0. The van der Waals surface area contributed by atoms with Gasteiger partial charge in [0.05, 0.1) is 0 Å². The van der Waals surface area contributed by atoms with Gasteiger partial charge in [-0.15, -0.1) is 0 Å². The highest BCUT2D eigenvalue weighted by molar-refractivity contribution is 5.89. The minimum absolute atomic E-state index is 0.277. The van der Waals surface area contributed by atoms with Crippen LogP contribution in [0.3, 0.4) is 0 Å². The van der Waals surface area contributed by atoms with E-state index in [-0.39, 0.29) is 17.5 Å². The Hall–Kier alpha value is -4.32. The number of carbonyl (C=O) groups is 3. The molecule has 0 aliphatic heterocycles. The molecule has 144 valence electrons. The van der Waals surface area contributed by atoms with Crippen molar-refractivity contribution in [2.24, 2.45) is 0 Å². The SMILES string of the molecule is O=Cc1ccccc1-c1nc(-c2ccccc2C=O)nc(-c2ccccc2C=O)n1. The molecule has 0 spiro atoms. The predicted octanol–water partition coefficient (Wildman–Crippen LogP) is 4.31. The van der Waals surface area contributed by atoms with Crippen LogP contribution in [0.2, 0.25) is 0 Å². The van der Waals surface area contributed by atoms with Gasteiger partial charge in [-0.3, -0.25) is 14.4 Å². The fraction of sp³-hybridized carbons (Fsp3) is 0. The van der Waals surface area contributed by atoms with E-state index in [0.717, 1.165) is 18.9 Å². The zero-order chi connectivity index (χ0) is 20.9. The number of aldehydes is 3. The van der Waals surface area contributed by atoms with Gasteiger partial charge in [0.2, 0.25) is 0 Å². The molecule has 6 heteroatoms. The van der Waals surface area contributed by atoms with Crippen molar-refractivity contribution in [1.29, 1.82) is 0 Å². The van der Waals surface area contributed by atoms with E-state index < -0.39 is 0 Å². The van der Waals surface area contributed by atoms with Crippen LogP contribution in [0.5, 0.6) is 0 Å². The van der Waals surface area contributed by atoms with E-state index in [1.54, 1.807) is 72.8 Å². The molecule has 0 radical (unpaired) electrons. The first kappa shape index (κ1) is 19.0. The Kier molecular flexibility index (Phi) is 5.30. The minimum Gasteiger partial charge on any atom is -0.298 e. The molecular formula is C24H15N3O3. The first-order valence-electron chi connectivity index (χ1n) is 9.15. The highest BCUT2D eigenvalue weighted by Gasteiger charge is 2.17.